The summed E-state index contributed by atoms with van der Waals surface area (Å²) in [6.07, 6.45) is 0. The number of carbonyl (C=O) groups is 1. The fourth-order valence-corrected chi connectivity index (χ4v) is 2.13. The molecule has 0 bridgehead atoms. The van der Waals surface area contributed by atoms with E-state index in [0.717, 1.165) is 0 Å². The number of benzene rings is 1. The summed E-state index contributed by atoms with van der Waals surface area (Å²) in [5, 5.41) is 1.97. The van der Waals surface area contributed by atoms with Gasteiger partial charge in [-0.2, -0.15) is 0 Å². The van der Waals surface area contributed by atoms with Gasteiger partial charge in [0, 0.05) is 17.6 Å². The van der Waals surface area contributed by atoms with Crippen molar-refractivity contribution in [3.63, 3.8) is 0 Å². The molecule has 2 N–H and O–H groups in total. The molecular weight excluding hydrogens is 253 g/mol. The molecule has 2 aromatic rings. The molecule has 4 nitrogen and oxygen atoms in total. The average molecular weight is 265 g/mol. The van der Waals surface area contributed by atoms with Crippen LogP contribution < -0.4 is 10.6 Å². The lowest BCUT2D eigenvalue weighted by Crippen LogP contribution is -2.30. The normalized spacial score (nSPS) is 10.3. The highest BCUT2D eigenvalue weighted by molar-refractivity contribution is 7.13. The lowest BCUT2D eigenvalue weighted by atomic mass is 10.2. The van der Waals surface area contributed by atoms with Crippen LogP contribution in [-0.2, 0) is 0 Å². The Morgan fingerprint density at radius 2 is 2.11 bits per heavy atom. The lowest BCUT2D eigenvalue weighted by Gasteiger charge is -2.19. The Labute approximate surface area is 108 Å². The monoisotopic (exact) mass is 265 g/mol. The molecule has 1 heterocycles. The number of nitrogen functional groups attached to an aromatic ring is 1. The Balaban J connectivity index is 2.28. The van der Waals surface area contributed by atoms with E-state index in [9.17, 15) is 9.18 Å². The van der Waals surface area contributed by atoms with E-state index in [0.29, 0.717) is 23.1 Å². The van der Waals surface area contributed by atoms with Crippen molar-refractivity contribution in [2.75, 3.05) is 17.2 Å². The van der Waals surface area contributed by atoms with E-state index < -0.39 is 0 Å². The highest BCUT2D eigenvalue weighted by Crippen LogP contribution is 2.19. The highest BCUT2D eigenvalue weighted by atomic mass is 32.1. The van der Waals surface area contributed by atoms with Crippen molar-refractivity contribution in [3.05, 3.63) is 41.2 Å². The van der Waals surface area contributed by atoms with Crippen LogP contribution in [0.5, 0.6) is 0 Å². The van der Waals surface area contributed by atoms with Crippen LogP contribution >= 0.6 is 11.3 Å². The third-order valence-electron chi connectivity index (χ3n) is 2.44. The number of halogens is 1. The molecule has 0 saturated heterocycles. The minimum atomic E-state index is -0.333. The van der Waals surface area contributed by atoms with Gasteiger partial charge in [-0.25, -0.2) is 9.37 Å². The first kappa shape index (κ1) is 12.5. The van der Waals surface area contributed by atoms with Crippen LogP contribution in [-0.4, -0.2) is 17.4 Å². The summed E-state index contributed by atoms with van der Waals surface area (Å²) >= 11 is 1.22. The number of nitrogens with two attached hydrogens (primary N) is 1. The second-order valence-electron chi connectivity index (χ2n) is 3.60. The minimum Gasteiger partial charge on any atom is -0.375 e. The molecule has 0 aliphatic rings. The van der Waals surface area contributed by atoms with Gasteiger partial charge in [0.15, 0.2) is 5.13 Å². The topological polar surface area (TPSA) is 59.2 Å². The molecule has 0 saturated carbocycles. The summed E-state index contributed by atoms with van der Waals surface area (Å²) in [7, 11) is 0. The van der Waals surface area contributed by atoms with Crippen LogP contribution in [0.1, 0.15) is 17.4 Å². The number of thiazole rings is 1. The fraction of sp³-hybridized carbons (Fsp3) is 0.167. The zero-order valence-corrected chi connectivity index (χ0v) is 10.6. The van der Waals surface area contributed by atoms with Gasteiger partial charge in [0.05, 0.1) is 0 Å². The maximum atomic E-state index is 12.9. The molecule has 94 valence electrons. The molecule has 2 rings (SSSR count). The van der Waals surface area contributed by atoms with Crippen LogP contribution in [0.2, 0.25) is 0 Å². The third kappa shape index (κ3) is 2.48. The number of amides is 1. The number of hydrogen-bond donors (Lipinski definition) is 1. The first-order chi connectivity index (χ1) is 8.61. The summed E-state index contributed by atoms with van der Waals surface area (Å²) in [5.41, 5.74) is 6.45. The van der Waals surface area contributed by atoms with Gasteiger partial charge in [-0.3, -0.25) is 4.79 Å². The molecule has 1 aromatic heterocycles. The van der Waals surface area contributed by atoms with E-state index >= 15 is 0 Å². The largest absolute Gasteiger partial charge is 0.375 e. The van der Waals surface area contributed by atoms with Crippen LogP contribution in [0.15, 0.2) is 29.6 Å². The fourth-order valence-electron chi connectivity index (χ4n) is 1.59. The predicted octanol–water partition coefficient (Wildman–Crippen LogP) is 2.53. The standard InChI is InChI=1S/C12H12FN3OS/c1-2-16(9-5-3-8(13)4-6-9)11(17)10-7-18-12(14)15-10/h3-7H,2H2,1H3,(H2,14,15). The van der Waals surface area contributed by atoms with Gasteiger partial charge in [-0.05, 0) is 31.2 Å². The van der Waals surface area contributed by atoms with Gasteiger partial charge in [0.2, 0.25) is 0 Å². The van der Waals surface area contributed by atoms with Crippen LogP contribution in [0.4, 0.5) is 15.2 Å². The van der Waals surface area contributed by atoms with Crippen molar-refractivity contribution in [2.24, 2.45) is 0 Å². The molecule has 0 radical (unpaired) electrons. The minimum absolute atomic E-state index is 0.239. The summed E-state index contributed by atoms with van der Waals surface area (Å²) < 4.78 is 12.9. The first-order valence-electron chi connectivity index (χ1n) is 5.40. The van der Waals surface area contributed by atoms with E-state index in [1.165, 1.54) is 28.4 Å². The van der Waals surface area contributed by atoms with Crippen molar-refractivity contribution in [3.8, 4) is 0 Å². The van der Waals surface area contributed by atoms with Gasteiger partial charge in [-0.1, -0.05) is 0 Å². The Hall–Kier alpha value is -1.95. The summed E-state index contributed by atoms with van der Waals surface area (Å²) in [5.74, 6) is -0.572. The second-order valence-corrected chi connectivity index (χ2v) is 4.49. The van der Waals surface area contributed by atoms with Crippen LogP contribution in [0.25, 0.3) is 0 Å². The summed E-state index contributed by atoms with van der Waals surface area (Å²) in [4.78, 5) is 17.7. The molecule has 6 heteroatoms. The Bertz CT molecular complexity index is 553. The maximum Gasteiger partial charge on any atom is 0.277 e. The smallest absolute Gasteiger partial charge is 0.277 e. The predicted molar refractivity (Wildman–Crippen MR) is 70.3 cm³/mol. The number of rotatable bonds is 3. The van der Waals surface area contributed by atoms with Gasteiger partial charge < -0.3 is 10.6 Å². The van der Waals surface area contributed by atoms with E-state index in [1.807, 2.05) is 6.92 Å². The average Bonchev–Trinajstić information content (AvgIpc) is 2.79. The third-order valence-corrected chi connectivity index (χ3v) is 3.11. The second kappa shape index (κ2) is 5.14. The van der Waals surface area contributed by atoms with Crippen molar-refractivity contribution in [1.82, 2.24) is 4.98 Å². The number of hydrogen-bond acceptors (Lipinski definition) is 4. The number of carbonyl (C=O) groups excluding carboxylic acids is 1. The van der Waals surface area contributed by atoms with Crippen molar-refractivity contribution < 1.29 is 9.18 Å². The number of anilines is 2. The maximum absolute atomic E-state index is 12.9. The molecule has 0 fully saturated rings. The molecule has 1 aromatic carbocycles. The van der Waals surface area contributed by atoms with E-state index in [1.54, 1.807) is 17.5 Å². The van der Waals surface area contributed by atoms with Crippen molar-refractivity contribution >= 4 is 28.1 Å². The molecule has 0 aliphatic carbocycles. The zero-order valence-electron chi connectivity index (χ0n) is 9.76. The molecule has 18 heavy (non-hydrogen) atoms. The number of aromatic nitrogens is 1. The molecule has 0 unspecified atom stereocenters. The molecule has 0 atom stereocenters. The summed E-state index contributed by atoms with van der Waals surface area (Å²) in [6, 6.07) is 5.76. The van der Waals surface area contributed by atoms with Gasteiger partial charge in [-0.15, -0.1) is 11.3 Å². The van der Waals surface area contributed by atoms with Crippen molar-refractivity contribution in [2.45, 2.75) is 6.92 Å². The Morgan fingerprint density at radius 3 is 2.61 bits per heavy atom. The van der Waals surface area contributed by atoms with E-state index in [2.05, 4.69) is 4.98 Å². The van der Waals surface area contributed by atoms with Gasteiger partial charge in [0.25, 0.3) is 5.91 Å². The Kier molecular flexibility index (Phi) is 3.57. The number of nitrogens with zero attached hydrogens (tertiary/aromatic N) is 2. The van der Waals surface area contributed by atoms with Gasteiger partial charge in [0.1, 0.15) is 11.5 Å². The molecule has 1 amide bonds. The van der Waals surface area contributed by atoms with Crippen molar-refractivity contribution in [1.29, 1.82) is 0 Å². The zero-order chi connectivity index (χ0) is 13.1. The quantitative estimate of drug-likeness (QED) is 0.927. The van der Waals surface area contributed by atoms with Crippen LogP contribution in [0, 0.1) is 5.82 Å². The highest BCUT2D eigenvalue weighted by Gasteiger charge is 2.18. The molecular formula is C12H12FN3OS. The van der Waals surface area contributed by atoms with Gasteiger partial charge >= 0.3 is 0 Å². The molecule has 0 aliphatic heterocycles. The van der Waals surface area contributed by atoms with E-state index in [4.69, 9.17) is 5.73 Å². The van der Waals surface area contributed by atoms with E-state index in [-0.39, 0.29) is 11.7 Å². The van der Waals surface area contributed by atoms with Crippen LogP contribution in [0.3, 0.4) is 0 Å². The lowest BCUT2D eigenvalue weighted by molar-refractivity contribution is 0.0984. The summed E-state index contributed by atoms with van der Waals surface area (Å²) in [6.45, 7) is 2.32. The first-order valence-corrected chi connectivity index (χ1v) is 6.28. The molecule has 0 spiro atoms. The Morgan fingerprint density at radius 1 is 1.44 bits per heavy atom. The SMILES string of the molecule is CCN(C(=O)c1csc(N)n1)c1ccc(F)cc1.